The van der Waals surface area contributed by atoms with Gasteiger partial charge in [-0.1, -0.05) is 17.3 Å². The first kappa shape index (κ1) is 19.9. The predicted molar refractivity (Wildman–Crippen MR) is 116 cm³/mol. The van der Waals surface area contributed by atoms with Crippen LogP contribution in [-0.2, 0) is 17.8 Å². The van der Waals surface area contributed by atoms with Gasteiger partial charge in [0.2, 0.25) is 5.82 Å². The highest BCUT2D eigenvalue weighted by Crippen LogP contribution is 2.23. The van der Waals surface area contributed by atoms with E-state index in [1.165, 1.54) is 12.1 Å². The number of H-pyrrole nitrogens is 1. The number of halogens is 1. The van der Waals surface area contributed by atoms with Crippen molar-refractivity contribution in [3.63, 3.8) is 0 Å². The van der Waals surface area contributed by atoms with Gasteiger partial charge in [0.1, 0.15) is 17.3 Å². The number of rotatable bonds is 5. The molecule has 0 saturated heterocycles. The second kappa shape index (κ2) is 8.60. The minimum Gasteiger partial charge on any atom is -0.457 e. The molecule has 8 heteroatoms. The molecule has 0 atom stereocenters. The van der Waals surface area contributed by atoms with Gasteiger partial charge >= 0.3 is 0 Å². The molecule has 3 heterocycles. The van der Waals surface area contributed by atoms with E-state index in [1.807, 2.05) is 18.2 Å². The van der Waals surface area contributed by atoms with Gasteiger partial charge in [0.15, 0.2) is 0 Å². The minimum absolute atomic E-state index is 0.224. The van der Waals surface area contributed by atoms with Gasteiger partial charge < -0.3 is 19.0 Å². The van der Waals surface area contributed by atoms with Crippen LogP contribution in [0, 0.1) is 5.82 Å². The van der Waals surface area contributed by atoms with E-state index in [2.05, 4.69) is 15.1 Å². The Labute approximate surface area is 182 Å². The Bertz CT molecular complexity index is 1320. The summed E-state index contributed by atoms with van der Waals surface area (Å²) < 4.78 is 29.4. The number of aromatic amines is 1. The lowest BCUT2D eigenvalue weighted by Gasteiger charge is -2.15. The van der Waals surface area contributed by atoms with Gasteiger partial charge in [0.25, 0.3) is 11.4 Å². The topological polar surface area (TPSA) is 90.2 Å². The maximum absolute atomic E-state index is 13.0. The molecule has 1 aliphatic heterocycles. The van der Waals surface area contributed by atoms with Gasteiger partial charge in [-0.3, -0.25) is 4.79 Å². The Balaban J connectivity index is 1.29. The zero-order valence-corrected chi connectivity index (χ0v) is 16.9. The van der Waals surface area contributed by atoms with Crippen molar-refractivity contribution >= 4 is 12.2 Å². The highest BCUT2D eigenvalue weighted by molar-refractivity contribution is 5.67. The predicted octanol–water partition coefficient (Wildman–Crippen LogP) is 4.60. The molecule has 7 nitrogen and oxygen atoms in total. The third kappa shape index (κ3) is 4.35. The number of pyridine rings is 1. The van der Waals surface area contributed by atoms with Crippen molar-refractivity contribution in [1.82, 2.24) is 15.1 Å². The van der Waals surface area contributed by atoms with E-state index in [0.717, 1.165) is 16.8 Å². The van der Waals surface area contributed by atoms with E-state index in [1.54, 1.807) is 36.4 Å². The summed E-state index contributed by atoms with van der Waals surface area (Å²) in [6, 6.07) is 14.9. The lowest BCUT2D eigenvalue weighted by Crippen LogP contribution is -2.19. The molecule has 160 valence electrons. The van der Waals surface area contributed by atoms with Gasteiger partial charge in [0, 0.05) is 18.2 Å². The molecular weight excluding hydrogens is 413 g/mol. The number of nitrogens with one attached hydrogen (secondary N) is 1. The normalized spacial score (nSPS) is 13.3. The molecule has 0 amide bonds. The van der Waals surface area contributed by atoms with Crippen molar-refractivity contribution < 1.29 is 18.4 Å². The fourth-order valence-electron chi connectivity index (χ4n) is 3.35. The van der Waals surface area contributed by atoms with Crippen molar-refractivity contribution in [2.24, 2.45) is 0 Å². The number of aromatic nitrogens is 3. The molecule has 0 saturated carbocycles. The first-order valence-corrected chi connectivity index (χ1v) is 10.0. The summed E-state index contributed by atoms with van der Waals surface area (Å²) in [7, 11) is 0. The molecule has 5 rings (SSSR count). The van der Waals surface area contributed by atoms with Crippen molar-refractivity contribution in [2.45, 2.75) is 13.0 Å². The molecule has 0 unspecified atom stereocenters. The molecule has 0 radical (unpaired) electrons. The smallest absolute Gasteiger partial charge is 0.259 e. The van der Waals surface area contributed by atoms with Gasteiger partial charge in [0.05, 0.1) is 18.8 Å². The second-order valence-electron chi connectivity index (χ2n) is 7.23. The SMILES string of the molecule is O=c1[nH]c2c(cc1-c1noc(/C=C/c3ccc(Oc4ccc(F)cc4)cc3)n1)COCC2. The number of fused-ring (bicyclic) bond motifs is 1. The first-order valence-electron chi connectivity index (χ1n) is 10.0. The Morgan fingerprint density at radius 1 is 1.03 bits per heavy atom. The standard InChI is InChI=1S/C24H18FN3O4/c25-17-4-8-19(9-5-17)31-18-6-1-15(2-7-18)3-10-22-27-23(28-32-22)20-13-16-14-30-12-11-21(16)26-24(20)29/h1-10,13H,11-12,14H2,(H,26,29)/b10-3+. The highest BCUT2D eigenvalue weighted by atomic mass is 19.1. The van der Waals surface area contributed by atoms with Crippen molar-refractivity contribution in [3.05, 3.63) is 93.5 Å². The van der Waals surface area contributed by atoms with Gasteiger partial charge in [-0.25, -0.2) is 4.39 Å². The van der Waals surface area contributed by atoms with Gasteiger partial charge in [-0.2, -0.15) is 4.98 Å². The van der Waals surface area contributed by atoms with E-state index in [-0.39, 0.29) is 23.1 Å². The molecule has 1 N–H and O–H groups in total. The van der Waals surface area contributed by atoms with Crippen LogP contribution in [0.15, 0.2) is 63.9 Å². The van der Waals surface area contributed by atoms with Crippen LogP contribution < -0.4 is 10.3 Å². The molecule has 0 fully saturated rings. The minimum atomic E-state index is -0.313. The van der Waals surface area contributed by atoms with Crippen LogP contribution in [0.3, 0.4) is 0 Å². The Morgan fingerprint density at radius 2 is 1.78 bits per heavy atom. The van der Waals surface area contributed by atoms with E-state index >= 15 is 0 Å². The summed E-state index contributed by atoms with van der Waals surface area (Å²) in [6.45, 7) is 1.05. The maximum atomic E-state index is 13.0. The number of hydrogen-bond donors (Lipinski definition) is 1. The monoisotopic (exact) mass is 431 g/mol. The number of ether oxygens (including phenoxy) is 2. The lowest BCUT2D eigenvalue weighted by atomic mass is 10.1. The molecule has 1 aliphatic rings. The zero-order valence-electron chi connectivity index (χ0n) is 16.9. The van der Waals surface area contributed by atoms with Gasteiger partial charge in [-0.15, -0.1) is 0 Å². The Hall–Kier alpha value is -4.04. The summed E-state index contributed by atoms with van der Waals surface area (Å²) in [5.74, 6) is 1.37. The van der Waals surface area contributed by atoms with Crippen LogP contribution in [0.1, 0.15) is 22.7 Å². The van der Waals surface area contributed by atoms with Crippen molar-refractivity contribution in [3.8, 4) is 22.9 Å². The van der Waals surface area contributed by atoms with Crippen LogP contribution in [0.4, 0.5) is 4.39 Å². The van der Waals surface area contributed by atoms with E-state index in [0.29, 0.717) is 36.7 Å². The van der Waals surface area contributed by atoms with Crippen LogP contribution in [-0.4, -0.2) is 21.7 Å². The molecule has 0 aliphatic carbocycles. The van der Waals surface area contributed by atoms with Crippen LogP contribution in [0.5, 0.6) is 11.5 Å². The van der Waals surface area contributed by atoms with Crippen molar-refractivity contribution in [1.29, 1.82) is 0 Å². The quantitative estimate of drug-likeness (QED) is 0.497. The third-order valence-corrected chi connectivity index (χ3v) is 5.00. The summed E-state index contributed by atoms with van der Waals surface area (Å²) in [5, 5.41) is 3.93. The third-order valence-electron chi connectivity index (χ3n) is 5.00. The average Bonchev–Trinajstić information content (AvgIpc) is 3.28. The fourth-order valence-corrected chi connectivity index (χ4v) is 3.35. The van der Waals surface area contributed by atoms with E-state index in [4.69, 9.17) is 14.0 Å². The summed E-state index contributed by atoms with van der Waals surface area (Å²) in [6.07, 6.45) is 4.16. The Morgan fingerprint density at radius 3 is 2.56 bits per heavy atom. The van der Waals surface area contributed by atoms with Crippen LogP contribution >= 0.6 is 0 Å². The number of benzene rings is 2. The van der Waals surface area contributed by atoms with Gasteiger partial charge in [-0.05, 0) is 59.7 Å². The second-order valence-corrected chi connectivity index (χ2v) is 7.23. The Kier molecular flexibility index (Phi) is 5.35. The van der Waals surface area contributed by atoms with Crippen LogP contribution in [0.25, 0.3) is 23.5 Å². The molecular formula is C24H18FN3O4. The molecule has 4 aromatic rings. The summed E-state index contributed by atoms with van der Waals surface area (Å²) in [4.78, 5) is 19.6. The largest absolute Gasteiger partial charge is 0.457 e. The zero-order chi connectivity index (χ0) is 21.9. The lowest BCUT2D eigenvalue weighted by molar-refractivity contribution is 0.109. The maximum Gasteiger partial charge on any atom is 0.259 e. The fraction of sp³-hybridized carbons (Fsp3) is 0.125. The number of hydrogen-bond acceptors (Lipinski definition) is 6. The molecule has 2 aromatic heterocycles. The molecule has 2 aromatic carbocycles. The summed E-state index contributed by atoms with van der Waals surface area (Å²) in [5.41, 5.74) is 2.80. The van der Waals surface area contributed by atoms with E-state index in [9.17, 15) is 9.18 Å². The molecule has 0 bridgehead atoms. The average molecular weight is 431 g/mol. The molecule has 32 heavy (non-hydrogen) atoms. The first-order chi connectivity index (χ1) is 15.6. The highest BCUT2D eigenvalue weighted by Gasteiger charge is 2.17. The molecule has 0 spiro atoms. The van der Waals surface area contributed by atoms with Crippen molar-refractivity contribution in [2.75, 3.05) is 6.61 Å². The van der Waals surface area contributed by atoms with Crippen LogP contribution in [0.2, 0.25) is 0 Å². The van der Waals surface area contributed by atoms with E-state index < -0.39 is 0 Å². The summed E-state index contributed by atoms with van der Waals surface area (Å²) >= 11 is 0. The number of nitrogens with zero attached hydrogens (tertiary/aromatic N) is 2.